The van der Waals surface area contributed by atoms with Crippen LogP contribution in [0.1, 0.15) is 12.8 Å². The maximum absolute atomic E-state index is 12.0. The van der Waals surface area contributed by atoms with Gasteiger partial charge in [-0.3, -0.25) is 4.79 Å². The monoisotopic (exact) mass is 324 g/mol. The second kappa shape index (κ2) is 7.20. The molecule has 3 N–H and O–H groups in total. The van der Waals surface area contributed by atoms with Gasteiger partial charge in [0.2, 0.25) is 5.91 Å². The van der Waals surface area contributed by atoms with Crippen LogP contribution in [0.4, 0.5) is 5.69 Å². The summed E-state index contributed by atoms with van der Waals surface area (Å²) in [5.74, 6) is -0.263. The molecule has 1 heterocycles. The molecule has 1 atom stereocenters. The summed E-state index contributed by atoms with van der Waals surface area (Å²) < 4.78 is 0. The van der Waals surface area contributed by atoms with Crippen LogP contribution in [-0.4, -0.2) is 24.1 Å². The highest BCUT2D eigenvalue weighted by molar-refractivity contribution is 6.37. The first kappa shape index (κ1) is 16.4. The van der Waals surface area contributed by atoms with Gasteiger partial charge < -0.3 is 15.7 Å². The number of rotatable bonds is 2. The molecule has 1 fully saturated rings. The number of amides is 1. The second-order valence-electron chi connectivity index (χ2n) is 4.32. The number of hydrogen-bond donors (Lipinski definition) is 3. The first-order chi connectivity index (χ1) is 8.58. The number of phenolic OH excluding ortho intramolecular Hbond substituents is 1. The predicted molar refractivity (Wildman–Crippen MR) is 79.6 cm³/mol. The lowest BCUT2D eigenvalue weighted by molar-refractivity contribution is -0.120. The third kappa shape index (κ3) is 4.14. The van der Waals surface area contributed by atoms with E-state index in [0.29, 0.717) is 12.2 Å². The Morgan fingerprint density at radius 1 is 1.37 bits per heavy atom. The number of hydrogen-bond acceptors (Lipinski definition) is 3. The van der Waals surface area contributed by atoms with Crippen LogP contribution < -0.4 is 10.6 Å². The van der Waals surface area contributed by atoms with Crippen LogP contribution in [0.2, 0.25) is 10.0 Å². The molecule has 1 saturated heterocycles. The molecule has 19 heavy (non-hydrogen) atoms. The van der Waals surface area contributed by atoms with E-state index in [1.165, 1.54) is 12.1 Å². The van der Waals surface area contributed by atoms with E-state index in [2.05, 4.69) is 10.6 Å². The Morgan fingerprint density at radius 2 is 2.00 bits per heavy atom. The van der Waals surface area contributed by atoms with E-state index in [-0.39, 0.29) is 40.0 Å². The van der Waals surface area contributed by atoms with Gasteiger partial charge in [-0.2, -0.15) is 0 Å². The summed E-state index contributed by atoms with van der Waals surface area (Å²) in [5.41, 5.74) is 0.498. The molecule has 0 radical (unpaired) electrons. The fraction of sp³-hybridized carbons (Fsp3) is 0.417. The van der Waals surface area contributed by atoms with Crippen LogP contribution in [0.5, 0.6) is 5.75 Å². The fourth-order valence-corrected chi connectivity index (χ4v) is 2.44. The van der Waals surface area contributed by atoms with Gasteiger partial charge in [0.15, 0.2) is 5.75 Å². The highest BCUT2D eigenvalue weighted by Gasteiger charge is 2.21. The topological polar surface area (TPSA) is 61.4 Å². The molecule has 0 aromatic heterocycles. The van der Waals surface area contributed by atoms with Gasteiger partial charge in [0, 0.05) is 12.2 Å². The van der Waals surface area contributed by atoms with Crippen molar-refractivity contribution in [2.45, 2.75) is 12.8 Å². The molecule has 2 rings (SSSR count). The second-order valence-corrected chi connectivity index (χ2v) is 5.14. The van der Waals surface area contributed by atoms with Gasteiger partial charge in [-0.15, -0.1) is 12.4 Å². The lowest BCUT2D eigenvalue weighted by Gasteiger charge is -2.22. The number of piperidine rings is 1. The molecule has 1 aliphatic heterocycles. The van der Waals surface area contributed by atoms with Crippen molar-refractivity contribution in [3.8, 4) is 5.75 Å². The predicted octanol–water partition coefficient (Wildman–Crippen LogP) is 3.06. The van der Waals surface area contributed by atoms with Crippen molar-refractivity contribution < 1.29 is 9.90 Å². The first-order valence-corrected chi connectivity index (χ1v) is 6.53. The molecule has 0 saturated carbocycles. The zero-order valence-corrected chi connectivity index (χ0v) is 12.4. The quantitative estimate of drug-likeness (QED) is 0.732. The average Bonchev–Trinajstić information content (AvgIpc) is 2.37. The Labute approximate surface area is 127 Å². The van der Waals surface area contributed by atoms with E-state index in [4.69, 9.17) is 23.2 Å². The molecule has 1 aliphatic rings. The first-order valence-electron chi connectivity index (χ1n) is 5.77. The smallest absolute Gasteiger partial charge is 0.228 e. The van der Waals surface area contributed by atoms with Crippen LogP contribution in [0.25, 0.3) is 0 Å². The third-order valence-corrected chi connectivity index (χ3v) is 3.53. The minimum absolute atomic E-state index is 0. The minimum Gasteiger partial charge on any atom is -0.505 e. The van der Waals surface area contributed by atoms with E-state index < -0.39 is 0 Å². The van der Waals surface area contributed by atoms with Gasteiger partial charge in [0.1, 0.15) is 0 Å². The van der Waals surface area contributed by atoms with Gasteiger partial charge in [0.05, 0.1) is 16.0 Å². The molecule has 1 unspecified atom stereocenters. The summed E-state index contributed by atoms with van der Waals surface area (Å²) >= 11 is 11.6. The Kier molecular flexibility index (Phi) is 6.20. The minimum atomic E-state index is -0.171. The van der Waals surface area contributed by atoms with Crippen LogP contribution in [0.3, 0.4) is 0 Å². The van der Waals surface area contributed by atoms with Crippen molar-refractivity contribution in [3.05, 3.63) is 22.2 Å². The standard InChI is InChI=1S/C12H14Cl2N2O2.ClH/c13-9-4-8(5-10(14)11(9)17)16-12(18)7-2-1-3-15-6-7;/h4-5,7,15,17H,1-3,6H2,(H,16,18);1H. The van der Waals surface area contributed by atoms with Crippen LogP contribution in [0.15, 0.2) is 12.1 Å². The molecule has 106 valence electrons. The summed E-state index contributed by atoms with van der Waals surface area (Å²) in [4.78, 5) is 12.0. The molecule has 7 heteroatoms. The number of nitrogens with one attached hydrogen (secondary N) is 2. The normalized spacial score (nSPS) is 18.5. The van der Waals surface area contributed by atoms with E-state index in [9.17, 15) is 9.90 Å². The maximum Gasteiger partial charge on any atom is 0.228 e. The number of carbonyl (C=O) groups excluding carboxylic acids is 1. The van der Waals surface area contributed by atoms with Crippen molar-refractivity contribution >= 4 is 47.2 Å². The molecular formula is C12H15Cl3N2O2. The molecule has 1 aromatic carbocycles. The molecular weight excluding hydrogens is 311 g/mol. The summed E-state index contributed by atoms with van der Waals surface area (Å²) in [7, 11) is 0. The SMILES string of the molecule is Cl.O=C(Nc1cc(Cl)c(O)c(Cl)c1)C1CCCNC1. The molecule has 1 aromatic rings. The van der Waals surface area contributed by atoms with Crippen LogP contribution in [0, 0.1) is 5.92 Å². The van der Waals surface area contributed by atoms with E-state index in [1.807, 2.05) is 0 Å². The zero-order valence-electron chi connectivity index (χ0n) is 10.1. The number of benzene rings is 1. The summed E-state index contributed by atoms with van der Waals surface area (Å²) in [6, 6.07) is 2.97. The van der Waals surface area contributed by atoms with Gasteiger partial charge >= 0.3 is 0 Å². The Balaban J connectivity index is 0.00000180. The van der Waals surface area contributed by atoms with Crippen molar-refractivity contribution in [2.24, 2.45) is 5.92 Å². The van der Waals surface area contributed by atoms with Crippen molar-refractivity contribution in [1.82, 2.24) is 5.32 Å². The van der Waals surface area contributed by atoms with Crippen molar-refractivity contribution in [3.63, 3.8) is 0 Å². The van der Waals surface area contributed by atoms with Gasteiger partial charge in [-0.25, -0.2) is 0 Å². The van der Waals surface area contributed by atoms with E-state index in [0.717, 1.165) is 19.4 Å². The summed E-state index contributed by atoms with van der Waals surface area (Å²) in [5, 5.41) is 15.6. The Hall–Kier alpha value is -0.680. The zero-order chi connectivity index (χ0) is 13.1. The lowest BCUT2D eigenvalue weighted by Crippen LogP contribution is -2.37. The summed E-state index contributed by atoms with van der Waals surface area (Å²) in [6.07, 6.45) is 1.87. The largest absolute Gasteiger partial charge is 0.505 e. The molecule has 4 nitrogen and oxygen atoms in total. The maximum atomic E-state index is 12.0. The van der Waals surface area contributed by atoms with E-state index >= 15 is 0 Å². The molecule has 0 aliphatic carbocycles. The van der Waals surface area contributed by atoms with Gasteiger partial charge in [-0.05, 0) is 31.5 Å². The fourth-order valence-electron chi connectivity index (χ4n) is 1.96. The summed E-state index contributed by atoms with van der Waals surface area (Å²) in [6.45, 7) is 1.64. The number of carbonyl (C=O) groups is 1. The lowest BCUT2D eigenvalue weighted by atomic mass is 9.99. The van der Waals surface area contributed by atoms with Gasteiger partial charge in [0.25, 0.3) is 0 Å². The number of phenols is 1. The number of aromatic hydroxyl groups is 1. The Morgan fingerprint density at radius 3 is 2.53 bits per heavy atom. The number of halogens is 3. The van der Waals surface area contributed by atoms with Crippen molar-refractivity contribution in [2.75, 3.05) is 18.4 Å². The highest BCUT2D eigenvalue weighted by Crippen LogP contribution is 2.34. The van der Waals surface area contributed by atoms with Crippen molar-refractivity contribution in [1.29, 1.82) is 0 Å². The van der Waals surface area contributed by atoms with Gasteiger partial charge in [-0.1, -0.05) is 23.2 Å². The Bertz CT molecular complexity index is 439. The van der Waals surface area contributed by atoms with Crippen LogP contribution in [-0.2, 0) is 4.79 Å². The average molecular weight is 326 g/mol. The highest BCUT2D eigenvalue weighted by atomic mass is 35.5. The number of anilines is 1. The third-order valence-electron chi connectivity index (χ3n) is 2.95. The molecule has 1 amide bonds. The molecule has 0 bridgehead atoms. The van der Waals surface area contributed by atoms with Crippen LogP contribution >= 0.6 is 35.6 Å². The molecule has 0 spiro atoms. The van der Waals surface area contributed by atoms with E-state index in [1.54, 1.807) is 0 Å².